The minimum absolute atomic E-state index is 0.0113. The highest BCUT2D eigenvalue weighted by Gasteiger charge is 2.24. The fraction of sp³-hybridized carbons (Fsp3) is 0.500. The van der Waals surface area contributed by atoms with Crippen LogP contribution in [0.25, 0.3) is 0 Å². The van der Waals surface area contributed by atoms with Gasteiger partial charge in [0.25, 0.3) is 0 Å². The number of aromatic nitrogens is 2. The molecule has 1 unspecified atom stereocenters. The van der Waals surface area contributed by atoms with E-state index >= 15 is 0 Å². The summed E-state index contributed by atoms with van der Waals surface area (Å²) in [6.07, 6.45) is 4.75. The van der Waals surface area contributed by atoms with Gasteiger partial charge in [-0.15, -0.1) is 0 Å². The summed E-state index contributed by atoms with van der Waals surface area (Å²) in [5, 5.41) is 8.39. The van der Waals surface area contributed by atoms with E-state index in [1.54, 1.807) is 4.68 Å². The van der Waals surface area contributed by atoms with E-state index in [2.05, 4.69) is 20.3 Å². The zero-order chi connectivity index (χ0) is 19.9. The largest absolute Gasteiger partial charge is 0.493 e. The fourth-order valence-corrected chi connectivity index (χ4v) is 3.44. The predicted molar refractivity (Wildman–Crippen MR) is 111 cm³/mol. The van der Waals surface area contributed by atoms with Crippen LogP contribution in [0.3, 0.4) is 0 Å². The van der Waals surface area contributed by atoms with Crippen molar-refractivity contribution in [1.29, 1.82) is 0 Å². The first-order chi connectivity index (χ1) is 13.6. The molecule has 0 amide bonds. The van der Waals surface area contributed by atoms with E-state index < -0.39 is 0 Å². The minimum Gasteiger partial charge on any atom is -0.493 e. The summed E-state index contributed by atoms with van der Waals surface area (Å²) >= 11 is 5.98. The lowest BCUT2D eigenvalue weighted by Gasteiger charge is -2.34. The Morgan fingerprint density at radius 2 is 2.32 bits per heavy atom. The molecule has 0 radical (unpaired) electrons. The summed E-state index contributed by atoms with van der Waals surface area (Å²) in [7, 11) is 3.72. The predicted octanol–water partition coefficient (Wildman–Crippen LogP) is 2.80. The number of hydrogen-bond acceptors (Lipinski definition) is 4. The van der Waals surface area contributed by atoms with Gasteiger partial charge in [-0.2, -0.15) is 5.10 Å². The van der Waals surface area contributed by atoms with Crippen molar-refractivity contribution in [3.05, 3.63) is 46.7 Å². The summed E-state index contributed by atoms with van der Waals surface area (Å²) in [4.78, 5) is 6.65. The maximum atomic E-state index is 5.98. The van der Waals surface area contributed by atoms with Crippen LogP contribution < -0.4 is 10.1 Å². The summed E-state index contributed by atoms with van der Waals surface area (Å²) in [6.45, 7) is 5.66. The number of nitrogens with zero attached hydrogens (tertiary/aromatic N) is 4. The third-order valence-corrected chi connectivity index (χ3v) is 4.91. The molecule has 0 bridgehead atoms. The van der Waals surface area contributed by atoms with Gasteiger partial charge in [0.1, 0.15) is 11.9 Å². The molecule has 1 saturated heterocycles. The second-order valence-corrected chi connectivity index (χ2v) is 7.28. The molecular formula is C20H28ClN5O2. The lowest BCUT2D eigenvalue weighted by atomic mass is 10.1. The van der Waals surface area contributed by atoms with E-state index in [0.717, 1.165) is 53.9 Å². The van der Waals surface area contributed by atoms with Crippen LogP contribution in [0.4, 0.5) is 0 Å². The SMILES string of the molecule is CN=C(NCCCOc1ccc(Cl)cc1C)N1CCOC(c2cnn(C)c2)C1. The molecule has 1 N–H and O–H groups in total. The van der Waals surface area contributed by atoms with Gasteiger partial charge in [-0.05, 0) is 37.1 Å². The fourth-order valence-electron chi connectivity index (χ4n) is 3.21. The molecule has 1 aromatic carbocycles. The standard InChI is InChI=1S/C20H28ClN5O2/c1-15-11-17(21)5-6-18(15)27-9-4-7-23-20(22-2)26-8-10-28-19(14-26)16-12-24-25(3)13-16/h5-6,11-13,19H,4,7-10,14H2,1-3H3,(H,22,23). The van der Waals surface area contributed by atoms with Crippen LogP contribution in [-0.2, 0) is 11.8 Å². The van der Waals surface area contributed by atoms with Crippen molar-refractivity contribution in [2.45, 2.75) is 19.4 Å². The van der Waals surface area contributed by atoms with Gasteiger partial charge in [-0.1, -0.05) is 11.6 Å². The van der Waals surface area contributed by atoms with Gasteiger partial charge in [-0.3, -0.25) is 9.67 Å². The Morgan fingerprint density at radius 3 is 3.04 bits per heavy atom. The Bertz CT molecular complexity index is 808. The molecule has 1 aliphatic heterocycles. The van der Waals surface area contributed by atoms with Crippen LogP contribution in [-0.4, -0.2) is 60.5 Å². The van der Waals surface area contributed by atoms with Crippen LogP contribution in [0.5, 0.6) is 5.75 Å². The van der Waals surface area contributed by atoms with Crippen LogP contribution in [0, 0.1) is 6.92 Å². The van der Waals surface area contributed by atoms with E-state index in [1.807, 2.05) is 51.6 Å². The lowest BCUT2D eigenvalue weighted by molar-refractivity contribution is -0.00803. The topological polar surface area (TPSA) is 63.9 Å². The molecule has 1 fully saturated rings. The van der Waals surface area contributed by atoms with E-state index in [0.29, 0.717) is 13.2 Å². The van der Waals surface area contributed by atoms with Crippen molar-refractivity contribution < 1.29 is 9.47 Å². The second kappa shape index (κ2) is 9.80. The van der Waals surface area contributed by atoms with Gasteiger partial charge in [-0.25, -0.2) is 0 Å². The first-order valence-electron chi connectivity index (χ1n) is 9.51. The second-order valence-electron chi connectivity index (χ2n) is 6.84. The zero-order valence-electron chi connectivity index (χ0n) is 16.7. The Hall–Kier alpha value is -2.25. The minimum atomic E-state index is 0.0113. The molecule has 2 heterocycles. The quantitative estimate of drug-likeness (QED) is 0.455. The van der Waals surface area contributed by atoms with Crippen molar-refractivity contribution in [1.82, 2.24) is 20.0 Å². The molecule has 0 spiro atoms. The summed E-state index contributed by atoms with van der Waals surface area (Å²) in [6, 6.07) is 5.67. The Balaban J connectivity index is 1.44. The summed E-state index contributed by atoms with van der Waals surface area (Å²) in [5.41, 5.74) is 2.14. The Morgan fingerprint density at radius 1 is 1.46 bits per heavy atom. The first kappa shape index (κ1) is 20.5. The van der Waals surface area contributed by atoms with E-state index in [1.165, 1.54) is 0 Å². The maximum Gasteiger partial charge on any atom is 0.193 e. The number of halogens is 1. The van der Waals surface area contributed by atoms with E-state index in [-0.39, 0.29) is 6.10 Å². The molecule has 0 saturated carbocycles. The van der Waals surface area contributed by atoms with Gasteiger partial charge < -0.3 is 19.7 Å². The zero-order valence-corrected chi connectivity index (χ0v) is 17.4. The molecular weight excluding hydrogens is 378 g/mol. The molecule has 2 aromatic rings. The molecule has 3 rings (SSSR count). The van der Waals surface area contributed by atoms with Crippen molar-refractivity contribution in [2.24, 2.45) is 12.0 Å². The molecule has 1 atom stereocenters. The van der Waals surface area contributed by atoms with Crippen LogP contribution in [0.2, 0.25) is 5.02 Å². The van der Waals surface area contributed by atoms with Crippen molar-refractivity contribution in [3.8, 4) is 5.75 Å². The number of benzene rings is 1. The highest BCUT2D eigenvalue weighted by atomic mass is 35.5. The molecule has 1 aliphatic rings. The number of guanidine groups is 1. The summed E-state index contributed by atoms with van der Waals surface area (Å²) in [5.74, 6) is 1.76. The lowest BCUT2D eigenvalue weighted by Crippen LogP contribution is -2.48. The number of hydrogen-bond donors (Lipinski definition) is 1. The van der Waals surface area contributed by atoms with E-state index in [4.69, 9.17) is 21.1 Å². The summed E-state index contributed by atoms with van der Waals surface area (Å²) < 4.78 is 13.6. The van der Waals surface area contributed by atoms with Crippen molar-refractivity contribution >= 4 is 17.6 Å². The third-order valence-electron chi connectivity index (χ3n) is 4.67. The monoisotopic (exact) mass is 405 g/mol. The first-order valence-corrected chi connectivity index (χ1v) is 9.89. The normalized spacial score (nSPS) is 17.6. The number of ether oxygens (including phenoxy) is 2. The van der Waals surface area contributed by atoms with Crippen molar-refractivity contribution in [3.63, 3.8) is 0 Å². The molecule has 0 aliphatic carbocycles. The Labute approximate surface area is 171 Å². The molecule has 152 valence electrons. The van der Waals surface area contributed by atoms with Gasteiger partial charge in [0.2, 0.25) is 0 Å². The third kappa shape index (κ3) is 5.39. The highest BCUT2D eigenvalue weighted by Crippen LogP contribution is 2.22. The Kier molecular flexibility index (Phi) is 7.17. The number of nitrogens with one attached hydrogen (secondary N) is 1. The van der Waals surface area contributed by atoms with Gasteiger partial charge in [0.05, 0.1) is 26.0 Å². The molecule has 1 aromatic heterocycles. The van der Waals surface area contributed by atoms with Crippen LogP contribution >= 0.6 is 11.6 Å². The van der Waals surface area contributed by atoms with Crippen molar-refractivity contribution in [2.75, 3.05) is 39.9 Å². The average molecular weight is 406 g/mol. The van der Waals surface area contributed by atoms with Gasteiger partial charge >= 0.3 is 0 Å². The van der Waals surface area contributed by atoms with Gasteiger partial charge in [0, 0.05) is 44.0 Å². The average Bonchev–Trinajstić information content (AvgIpc) is 3.13. The smallest absolute Gasteiger partial charge is 0.193 e. The molecule has 28 heavy (non-hydrogen) atoms. The highest BCUT2D eigenvalue weighted by molar-refractivity contribution is 6.30. The molecule has 7 nitrogen and oxygen atoms in total. The number of morpholine rings is 1. The van der Waals surface area contributed by atoms with Crippen LogP contribution in [0.15, 0.2) is 35.6 Å². The maximum absolute atomic E-state index is 5.98. The van der Waals surface area contributed by atoms with E-state index in [9.17, 15) is 0 Å². The van der Waals surface area contributed by atoms with Crippen LogP contribution in [0.1, 0.15) is 23.7 Å². The molecule has 8 heteroatoms. The van der Waals surface area contributed by atoms with Gasteiger partial charge in [0.15, 0.2) is 5.96 Å². The number of aryl methyl sites for hydroxylation is 2. The number of aliphatic imine (C=N–C) groups is 1. The number of rotatable bonds is 6.